The Bertz CT molecular complexity index is 1560. The van der Waals surface area contributed by atoms with Crippen molar-refractivity contribution < 1.29 is 23.1 Å². The van der Waals surface area contributed by atoms with Crippen LogP contribution in [0.25, 0.3) is 0 Å². The van der Waals surface area contributed by atoms with Gasteiger partial charge in [0.1, 0.15) is 6.10 Å². The summed E-state index contributed by atoms with van der Waals surface area (Å²) in [4.78, 5) is 15.7. The van der Waals surface area contributed by atoms with Gasteiger partial charge in [-0.2, -0.15) is 0 Å². The van der Waals surface area contributed by atoms with E-state index in [0.717, 1.165) is 22.3 Å². The monoisotopic (exact) mass is 542 g/mol. The van der Waals surface area contributed by atoms with Crippen LogP contribution in [0.1, 0.15) is 38.7 Å². The van der Waals surface area contributed by atoms with Gasteiger partial charge in [0.05, 0.1) is 35.4 Å². The number of para-hydroxylation sites is 1. The number of sulfonamides is 1. The predicted molar refractivity (Wildman–Crippen MR) is 150 cm³/mol. The Morgan fingerprint density at radius 3 is 2.33 bits per heavy atom. The van der Waals surface area contributed by atoms with Crippen LogP contribution in [0, 0.1) is 6.92 Å². The van der Waals surface area contributed by atoms with E-state index in [1.807, 2.05) is 61.5 Å². The van der Waals surface area contributed by atoms with Crippen LogP contribution in [-0.4, -0.2) is 37.0 Å². The van der Waals surface area contributed by atoms with Gasteiger partial charge in [-0.1, -0.05) is 84.4 Å². The van der Waals surface area contributed by atoms with Gasteiger partial charge >= 0.3 is 0 Å². The summed E-state index contributed by atoms with van der Waals surface area (Å²) < 4.78 is 35.2. The van der Waals surface area contributed by atoms with Gasteiger partial charge in [0.2, 0.25) is 0 Å². The zero-order chi connectivity index (χ0) is 27.4. The molecule has 0 aliphatic carbocycles. The third-order valence-corrected chi connectivity index (χ3v) is 8.29. The van der Waals surface area contributed by atoms with Gasteiger partial charge in [-0.25, -0.2) is 8.42 Å². The normalized spacial score (nSPS) is 16.9. The fourth-order valence-electron chi connectivity index (χ4n) is 4.84. The second-order valence-electron chi connectivity index (χ2n) is 9.56. The smallest absolute Gasteiger partial charge is 0.261 e. The molecule has 5 rings (SSSR count). The molecule has 4 aromatic carbocycles. The number of carbonyl (C=O) groups excluding carboxylic acids is 1. The first-order valence-corrected chi connectivity index (χ1v) is 14.2. The Balaban J connectivity index is 1.46. The first-order chi connectivity index (χ1) is 18.9. The minimum absolute atomic E-state index is 0.102. The maximum Gasteiger partial charge on any atom is 0.261 e. The molecule has 0 spiro atoms. The largest absolute Gasteiger partial charge is 0.394 e. The SMILES string of the molecule is Cc1ccc(S(=O)(=O)Nc2ccccc2C(=O)N2Cc3ccccc3[C@@H](OCc3ccccc3)[C@@H]2CO)cc1. The summed E-state index contributed by atoms with van der Waals surface area (Å²) in [5, 5.41) is 10.5. The van der Waals surface area contributed by atoms with E-state index in [2.05, 4.69) is 4.72 Å². The van der Waals surface area contributed by atoms with E-state index in [4.69, 9.17) is 4.74 Å². The van der Waals surface area contributed by atoms with Crippen molar-refractivity contribution in [2.45, 2.75) is 37.1 Å². The number of aryl methyl sites for hydroxylation is 1. The van der Waals surface area contributed by atoms with Crippen LogP contribution < -0.4 is 4.72 Å². The lowest BCUT2D eigenvalue weighted by Gasteiger charge is -2.41. The maximum absolute atomic E-state index is 14.0. The number of hydrogen-bond donors (Lipinski definition) is 2. The molecule has 0 fully saturated rings. The summed E-state index contributed by atoms with van der Waals surface area (Å²) in [7, 11) is -3.93. The average Bonchev–Trinajstić information content (AvgIpc) is 2.96. The summed E-state index contributed by atoms with van der Waals surface area (Å²) in [6.07, 6.45) is -0.569. The number of benzene rings is 4. The fourth-order valence-corrected chi connectivity index (χ4v) is 5.92. The molecule has 1 heterocycles. The summed E-state index contributed by atoms with van der Waals surface area (Å²) >= 11 is 0. The lowest BCUT2D eigenvalue weighted by molar-refractivity contribution is -0.0480. The van der Waals surface area contributed by atoms with Gasteiger partial charge in [0, 0.05) is 6.54 Å². The molecule has 2 atom stereocenters. The molecule has 0 saturated carbocycles. The average molecular weight is 543 g/mol. The van der Waals surface area contributed by atoms with E-state index in [1.54, 1.807) is 41.3 Å². The third kappa shape index (κ3) is 5.73. The molecular formula is C31H30N2O5S. The number of carbonyl (C=O) groups is 1. The number of hydrogen-bond acceptors (Lipinski definition) is 5. The van der Waals surface area contributed by atoms with Gasteiger partial charge in [-0.15, -0.1) is 0 Å². The molecule has 0 radical (unpaired) electrons. The molecule has 7 nitrogen and oxygen atoms in total. The van der Waals surface area contributed by atoms with E-state index in [9.17, 15) is 18.3 Å². The molecule has 200 valence electrons. The van der Waals surface area contributed by atoms with E-state index >= 15 is 0 Å². The first kappa shape index (κ1) is 26.6. The van der Waals surface area contributed by atoms with Crippen molar-refractivity contribution >= 4 is 21.6 Å². The van der Waals surface area contributed by atoms with E-state index in [0.29, 0.717) is 6.61 Å². The fraction of sp³-hybridized carbons (Fsp3) is 0.194. The van der Waals surface area contributed by atoms with Gasteiger partial charge in [0.25, 0.3) is 15.9 Å². The van der Waals surface area contributed by atoms with Crippen molar-refractivity contribution in [1.29, 1.82) is 0 Å². The Morgan fingerprint density at radius 1 is 0.923 bits per heavy atom. The Hall–Kier alpha value is -3.98. The number of anilines is 1. The Labute approximate surface area is 228 Å². The van der Waals surface area contributed by atoms with Crippen LogP contribution in [0.4, 0.5) is 5.69 Å². The molecule has 1 amide bonds. The van der Waals surface area contributed by atoms with E-state index in [1.165, 1.54) is 12.1 Å². The predicted octanol–water partition coefficient (Wildman–Crippen LogP) is 5.07. The Kier molecular flexibility index (Phi) is 7.79. The van der Waals surface area contributed by atoms with Crippen molar-refractivity contribution in [3.63, 3.8) is 0 Å². The molecule has 1 aliphatic heterocycles. The number of fused-ring (bicyclic) bond motifs is 1. The van der Waals surface area contributed by atoms with Crippen LogP contribution in [0.3, 0.4) is 0 Å². The first-order valence-electron chi connectivity index (χ1n) is 12.7. The number of nitrogens with zero attached hydrogens (tertiary/aromatic N) is 1. The number of amides is 1. The molecule has 8 heteroatoms. The highest BCUT2D eigenvalue weighted by molar-refractivity contribution is 7.92. The van der Waals surface area contributed by atoms with Crippen LogP contribution in [0.5, 0.6) is 0 Å². The summed E-state index contributed by atoms with van der Waals surface area (Å²) in [6, 6.07) is 29.8. The highest BCUT2D eigenvalue weighted by Gasteiger charge is 2.39. The number of aliphatic hydroxyl groups is 1. The van der Waals surface area contributed by atoms with Crippen LogP contribution >= 0.6 is 0 Å². The number of ether oxygens (including phenoxy) is 1. The molecule has 0 bridgehead atoms. The van der Waals surface area contributed by atoms with Gasteiger partial charge < -0.3 is 14.7 Å². The zero-order valence-corrected chi connectivity index (χ0v) is 22.3. The van der Waals surface area contributed by atoms with Crippen molar-refractivity contribution in [2.24, 2.45) is 0 Å². The number of aliphatic hydroxyl groups excluding tert-OH is 1. The minimum atomic E-state index is -3.93. The van der Waals surface area contributed by atoms with Crippen LogP contribution in [0.2, 0.25) is 0 Å². The molecular weight excluding hydrogens is 512 g/mol. The van der Waals surface area contributed by atoms with Crippen molar-refractivity contribution in [3.8, 4) is 0 Å². The topological polar surface area (TPSA) is 95.9 Å². The van der Waals surface area contributed by atoms with E-state index in [-0.39, 0.29) is 29.3 Å². The van der Waals surface area contributed by atoms with Crippen molar-refractivity contribution in [3.05, 3.63) is 131 Å². The standard InChI is InChI=1S/C31H30N2O5S/c1-22-15-17-25(18-16-22)39(36,37)32-28-14-8-7-13-27(28)31(35)33-19-24-11-5-6-12-26(24)30(29(33)20-34)38-21-23-9-3-2-4-10-23/h2-18,29-30,32,34H,19-21H2,1H3/t29-,30+/m0/s1. The van der Waals surface area contributed by atoms with Gasteiger partial charge in [-0.3, -0.25) is 9.52 Å². The number of rotatable bonds is 8. The number of nitrogens with one attached hydrogen (secondary N) is 1. The summed E-state index contributed by atoms with van der Waals surface area (Å²) in [6.45, 7) is 2.12. The summed E-state index contributed by atoms with van der Waals surface area (Å²) in [5.74, 6) is -0.404. The van der Waals surface area contributed by atoms with Crippen molar-refractivity contribution in [2.75, 3.05) is 11.3 Å². The van der Waals surface area contributed by atoms with Crippen LogP contribution in [-0.2, 0) is 27.9 Å². The molecule has 39 heavy (non-hydrogen) atoms. The Morgan fingerprint density at radius 2 is 1.59 bits per heavy atom. The molecule has 0 saturated heterocycles. The molecule has 0 aromatic heterocycles. The second-order valence-corrected chi connectivity index (χ2v) is 11.2. The zero-order valence-electron chi connectivity index (χ0n) is 21.5. The summed E-state index contributed by atoms with van der Waals surface area (Å²) in [5.41, 5.74) is 4.10. The van der Waals surface area contributed by atoms with Crippen molar-refractivity contribution in [1.82, 2.24) is 4.90 Å². The van der Waals surface area contributed by atoms with Crippen LogP contribution in [0.15, 0.2) is 108 Å². The molecule has 4 aromatic rings. The molecule has 1 aliphatic rings. The second kappa shape index (κ2) is 11.4. The van der Waals surface area contributed by atoms with E-state index < -0.39 is 28.1 Å². The lowest BCUT2D eigenvalue weighted by Crippen LogP contribution is -2.49. The minimum Gasteiger partial charge on any atom is -0.394 e. The van der Waals surface area contributed by atoms with Gasteiger partial charge in [-0.05, 0) is 47.9 Å². The quantitative estimate of drug-likeness (QED) is 0.324. The van der Waals surface area contributed by atoms with Gasteiger partial charge in [0.15, 0.2) is 0 Å². The molecule has 2 N–H and O–H groups in total. The molecule has 0 unspecified atom stereocenters. The highest BCUT2D eigenvalue weighted by Crippen LogP contribution is 2.36. The highest BCUT2D eigenvalue weighted by atomic mass is 32.2. The maximum atomic E-state index is 14.0. The lowest BCUT2D eigenvalue weighted by atomic mass is 9.90. The third-order valence-electron chi connectivity index (χ3n) is 6.91.